The molecule has 0 spiro atoms. The average molecular weight is 325 g/mol. The van der Waals surface area contributed by atoms with Gasteiger partial charge in [-0.25, -0.2) is 4.39 Å². The lowest BCUT2D eigenvalue weighted by Gasteiger charge is -2.01. The molecule has 0 amide bonds. The maximum Gasteiger partial charge on any atom is 0.233 e. The lowest BCUT2D eigenvalue weighted by molar-refractivity contribution is 0.101. The predicted octanol–water partition coefficient (Wildman–Crippen LogP) is 4.45. The molecule has 3 nitrogen and oxygen atoms in total. The number of aromatic hydroxyl groups is 1. The zero-order valence-electron chi connectivity index (χ0n) is 10.4. The predicted molar refractivity (Wildman–Crippen MR) is 77.5 cm³/mol. The Morgan fingerprint density at radius 3 is 2.52 bits per heavy atom. The molecule has 0 aliphatic carbocycles. The molecular weight excluding hydrogens is 318 g/mol. The fourth-order valence-corrected chi connectivity index (χ4v) is 2.41. The van der Waals surface area contributed by atoms with Crippen LogP contribution >= 0.6 is 23.2 Å². The standard InChI is InChI=1S/C15H7Cl2FO3/c16-8-2-3-9(17)15-13(8)14(20)12(21-15)6-7-1-4-11(19)10(18)5-7/h1-6,19H. The van der Waals surface area contributed by atoms with Crippen LogP contribution < -0.4 is 4.74 Å². The van der Waals surface area contributed by atoms with E-state index in [0.717, 1.165) is 6.07 Å². The molecule has 0 saturated carbocycles. The molecule has 6 heteroatoms. The number of ether oxygens (including phenoxy) is 1. The van der Waals surface area contributed by atoms with Gasteiger partial charge in [0.2, 0.25) is 5.78 Å². The normalized spacial score (nSPS) is 15.2. The van der Waals surface area contributed by atoms with Crippen molar-refractivity contribution in [3.05, 3.63) is 63.1 Å². The van der Waals surface area contributed by atoms with Crippen LogP contribution in [-0.2, 0) is 0 Å². The number of hydrogen-bond donors (Lipinski definition) is 1. The molecule has 0 radical (unpaired) electrons. The Hall–Kier alpha value is -2.04. The van der Waals surface area contributed by atoms with Crippen LogP contribution in [0.1, 0.15) is 15.9 Å². The topological polar surface area (TPSA) is 46.5 Å². The number of fused-ring (bicyclic) bond motifs is 1. The van der Waals surface area contributed by atoms with E-state index in [0.29, 0.717) is 5.56 Å². The molecule has 2 aromatic carbocycles. The molecule has 1 aliphatic rings. The molecule has 0 saturated heterocycles. The van der Waals surface area contributed by atoms with Crippen LogP contribution in [0.25, 0.3) is 6.08 Å². The third-order valence-electron chi connectivity index (χ3n) is 2.99. The molecule has 3 rings (SSSR count). The first kappa shape index (κ1) is 13.9. The van der Waals surface area contributed by atoms with Crippen LogP contribution in [-0.4, -0.2) is 10.9 Å². The molecule has 0 atom stereocenters. The number of hydrogen-bond acceptors (Lipinski definition) is 3. The fourth-order valence-electron chi connectivity index (χ4n) is 1.98. The van der Waals surface area contributed by atoms with Gasteiger partial charge in [-0.3, -0.25) is 4.79 Å². The summed E-state index contributed by atoms with van der Waals surface area (Å²) < 4.78 is 18.7. The van der Waals surface area contributed by atoms with Crippen molar-refractivity contribution in [2.75, 3.05) is 0 Å². The van der Waals surface area contributed by atoms with Gasteiger partial charge in [-0.05, 0) is 35.9 Å². The van der Waals surface area contributed by atoms with Crippen LogP contribution in [0.2, 0.25) is 10.0 Å². The van der Waals surface area contributed by atoms with E-state index in [-0.39, 0.29) is 27.1 Å². The Bertz CT molecular complexity index is 800. The van der Waals surface area contributed by atoms with Crippen molar-refractivity contribution in [2.24, 2.45) is 0 Å². The van der Waals surface area contributed by atoms with Gasteiger partial charge in [-0.15, -0.1) is 0 Å². The molecule has 2 aromatic rings. The van der Waals surface area contributed by atoms with Gasteiger partial charge >= 0.3 is 0 Å². The third kappa shape index (κ3) is 2.37. The van der Waals surface area contributed by atoms with Crippen molar-refractivity contribution in [3.8, 4) is 11.5 Å². The summed E-state index contributed by atoms with van der Waals surface area (Å²) in [7, 11) is 0. The Kier molecular flexibility index (Phi) is 3.35. The maximum absolute atomic E-state index is 13.3. The van der Waals surface area contributed by atoms with Gasteiger partial charge in [0, 0.05) is 0 Å². The van der Waals surface area contributed by atoms with Crippen molar-refractivity contribution < 1.29 is 19.0 Å². The van der Waals surface area contributed by atoms with Crippen molar-refractivity contribution >= 4 is 35.1 Å². The minimum atomic E-state index is -0.789. The van der Waals surface area contributed by atoms with Crippen molar-refractivity contribution in [3.63, 3.8) is 0 Å². The minimum Gasteiger partial charge on any atom is -0.505 e. The minimum absolute atomic E-state index is 0.00918. The highest BCUT2D eigenvalue weighted by atomic mass is 35.5. The van der Waals surface area contributed by atoms with Crippen LogP contribution in [0.4, 0.5) is 4.39 Å². The largest absolute Gasteiger partial charge is 0.505 e. The highest BCUT2D eigenvalue weighted by Crippen LogP contribution is 2.41. The Morgan fingerprint density at radius 2 is 1.86 bits per heavy atom. The number of rotatable bonds is 1. The average Bonchev–Trinajstić information content (AvgIpc) is 2.77. The molecule has 1 heterocycles. The van der Waals surface area contributed by atoms with E-state index >= 15 is 0 Å². The number of phenolic OH excluding ortho intramolecular Hbond substituents is 1. The second-order valence-electron chi connectivity index (χ2n) is 4.38. The number of benzene rings is 2. The van der Waals surface area contributed by atoms with Crippen molar-refractivity contribution in [1.82, 2.24) is 0 Å². The van der Waals surface area contributed by atoms with Crippen molar-refractivity contribution in [2.45, 2.75) is 0 Å². The Morgan fingerprint density at radius 1 is 1.14 bits per heavy atom. The van der Waals surface area contributed by atoms with Gasteiger partial charge < -0.3 is 9.84 Å². The molecule has 0 fully saturated rings. The number of phenols is 1. The van der Waals surface area contributed by atoms with E-state index in [1.54, 1.807) is 0 Å². The number of halogens is 3. The lowest BCUT2D eigenvalue weighted by atomic mass is 10.1. The summed E-state index contributed by atoms with van der Waals surface area (Å²) in [6.45, 7) is 0. The van der Waals surface area contributed by atoms with E-state index in [4.69, 9.17) is 33.0 Å². The zero-order valence-corrected chi connectivity index (χ0v) is 11.9. The second kappa shape index (κ2) is 5.06. The van der Waals surface area contributed by atoms with Gasteiger partial charge in [0.05, 0.1) is 15.6 Å². The molecule has 0 unspecified atom stereocenters. The summed E-state index contributed by atoms with van der Waals surface area (Å²) in [4.78, 5) is 12.2. The van der Waals surface area contributed by atoms with Crippen LogP contribution in [0, 0.1) is 5.82 Å². The molecular formula is C15H7Cl2FO3. The highest BCUT2D eigenvalue weighted by Gasteiger charge is 2.31. The van der Waals surface area contributed by atoms with E-state index in [1.807, 2.05) is 0 Å². The summed E-state index contributed by atoms with van der Waals surface area (Å²) in [6, 6.07) is 6.76. The maximum atomic E-state index is 13.3. The SMILES string of the molecule is O=C1C(=Cc2ccc(O)c(F)c2)Oc2c(Cl)ccc(Cl)c21. The lowest BCUT2D eigenvalue weighted by Crippen LogP contribution is -1.98. The van der Waals surface area contributed by atoms with Crippen LogP contribution in [0.15, 0.2) is 36.1 Å². The summed E-state index contributed by atoms with van der Waals surface area (Å²) in [5.74, 6) is -1.50. The van der Waals surface area contributed by atoms with Gasteiger partial charge in [0.25, 0.3) is 0 Å². The molecule has 0 bridgehead atoms. The van der Waals surface area contributed by atoms with Crippen LogP contribution in [0.3, 0.4) is 0 Å². The van der Waals surface area contributed by atoms with Gasteiger partial charge in [0.1, 0.15) is 0 Å². The Balaban J connectivity index is 2.05. The summed E-state index contributed by atoms with van der Waals surface area (Å²) in [6.07, 6.45) is 1.36. The molecule has 1 N–H and O–H groups in total. The third-order valence-corrected chi connectivity index (χ3v) is 3.60. The first-order valence-electron chi connectivity index (χ1n) is 5.88. The van der Waals surface area contributed by atoms with E-state index in [2.05, 4.69) is 0 Å². The van der Waals surface area contributed by atoms with Crippen molar-refractivity contribution in [1.29, 1.82) is 0 Å². The smallest absolute Gasteiger partial charge is 0.233 e. The number of Topliss-reactive ketones (excluding diaryl/α,β-unsaturated/α-hetero) is 1. The first-order chi connectivity index (χ1) is 9.97. The zero-order chi connectivity index (χ0) is 15.1. The molecule has 21 heavy (non-hydrogen) atoms. The summed E-state index contributed by atoms with van der Waals surface area (Å²) >= 11 is 11.9. The van der Waals surface area contributed by atoms with E-state index < -0.39 is 17.3 Å². The van der Waals surface area contributed by atoms with Gasteiger partial charge in [-0.1, -0.05) is 29.3 Å². The monoisotopic (exact) mass is 324 g/mol. The van der Waals surface area contributed by atoms with Gasteiger partial charge in [-0.2, -0.15) is 0 Å². The molecule has 106 valence electrons. The number of allylic oxidation sites excluding steroid dienone is 1. The Labute approximate surface area is 129 Å². The number of carbonyl (C=O) groups excluding carboxylic acids is 1. The van der Waals surface area contributed by atoms with Crippen LogP contribution in [0.5, 0.6) is 11.5 Å². The molecule has 1 aliphatic heterocycles. The molecule has 0 aromatic heterocycles. The highest BCUT2D eigenvalue weighted by molar-refractivity contribution is 6.39. The van der Waals surface area contributed by atoms with Gasteiger partial charge in [0.15, 0.2) is 23.1 Å². The number of carbonyl (C=O) groups is 1. The number of ketones is 1. The quantitative estimate of drug-likeness (QED) is 0.788. The summed E-state index contributed by atoms with van der Waals surface area (Å²) in [5.41, 5.74) is 0.559. The van der Waals surface area contributed by atoms with E-state index in [9.17, 15) is 9.18 Å². The second-order valence-corrected chi connectivity index (χ2v) is 5.20. The van der Waals surface area contributed by atoms with E-state index in [1.165, 1.54) is 30.3 Å². The summed E-state index contributed by atoms with van der Waals surface area (Å²) in [5, 5.41) is 9.65. The first-order valence-corrected chi connectivity index (χ1v) is 6.63. The fraction of sp³-hybridized carbons (Fsp3) is 0.